The lowest BCUT2D eigenvalue weighted by molar-refractivity contribution is 0.516. The van der Waals surface area contributed by atoms with Crippen molar-refractivity contribution in [3.05, 3.63) is 51.4 Å². The van der Waals surface area contributed by atoms with E-state index in [4.69, 9.17) is 11.6 Å². The van der Waals surface area contributed by atoms with Crippen molar-refractivity contribution in [1.82, 2.24) is 14.5 Å². The number of halogens is 1. The number of anilines is 2. The van der Waals surface area contributed by atoms with Crippen molar-refractivity contribution in [2.45, 2.75) is 43.5 Å². The molecule has 0 atom stereocenters. The third-order valence-corrected chi connectivity index (χ3v) is 5.68. The first-order valence-corrected chi connectivity index (χ1v) is 9.94. The molecule has 0 unspecified atom stereocenters. The topological polar surface area (TPSA) is 76.9 Å². The number of rotatable bonds is 4. The van der Waals surface area contributed by atoms with Gasteiger partial charge in [0.15, 0.2) is 0 Å². The molecule has 1 fully saturated rings. The van der Waals surface area contributed by atoms with Crippen molar-refractivity contribution in [3.8, 4) is 0 Å². The van der Waals surface area contributed by atoms with Gasteiger partial charge in [0, 0.05) is 39.7 Å². The molecule has 0 amide bonds. The molecular weight excluding hydrogens is 384 g/mol. The van der Waals surface area contributed by atoms with Crippen LogP contribution in [0.5, 0.6) is 0 Å². The fraction of sp³-hybridized carbons (Fsp3) is 0.316. The number of fused-ring (bicyclic) bond motifs is 1. The zero-order chi connectivity index (χ0) is 19.0. The first-order chi connectivity index (χ1) is 13.1. The molecule has 1 aliphatic carbocycles. The molecule has 1 N–H and O–H groups in total. The van der Waals surface area contributed by atoms with Gasteiger partial charge in [0.05, 0.1) is 0 Å². The summed E-state index contributed by atoms with van der Waals surface area (Å²) in [6.07, 6.45) is 5.79. The van der Waals surface area contributed by atoms with E-state index in [1.807, 2.05) is 19.1 Å². The lowest BCUT2D eigenvalue weighted by atomic mass is 10.2. The summed E-state index contributed by atoms with van der Waals surface area (Å²) in [6, 6.07) is 7.14. The van der Waals surface area contributed by atoms with Crippen molar-refractivity contribution in [2.24, 2.45) is 0 Å². The maximum absolute atomic E-state index is 12.7. The molecule has 0 aliphatic heterocycles. The largest absolute Gasteiger partial charge is 0.505 e. The van der Waals surface area contributed by atoms with Crippen LogP contribution in [0.25, 0.3) is 11.0 Å². The lowest BCUT2D eigenvalue weighted by Crippen LogP contribution is -2.25. The Kier molecular flexibility index (Phi) is 4.88. The molecule has 1 aromatic carbocycles. The van der Waals surface area contributed by atoms with Gasteiger partial charge in [-0.05, 0) is 37.5 Å². The molecule has 138 valence electrons. The SMILES string of the molecule is Cc1cc([S+]=O)ccc1Nc1ncc2cc(Cl)c(=O)n(C3CCCC3)c2n1. The maximum Gasteiger partial charge on any atom is 0.505 e. The third-order valence-electron chi connectivity index (χ3n) is 4.96. The van der Waals surface area contributed by atoms with Crippen LogP contribution in [0.2, 0.25) is 5.02 Å². The van der Waals surface area contributed by atoms with E-state index in [-0.39, 0.29) is 16.6 Å². The van der Waals surface area contributed by atoms with Crippen LogP contribution < -0.4 is 10.9 Å². The Hall–Kier alpha value is -2.38. The molecule has 27 heavy (non-hydrogen) atoms. The number of nitrogens with one attached hydrogen (secondary N) is 1. The Morgan fingerprint density at radius 1 is 1.26 bits per heavy atom. The number of aryl methyl sites for hydroxylation is 1. The summed E-state index contributed by atoms with van der Waals surface area (Å²) in [5, 5.41) is 4.12. The maximum atomic E-state index is 12.7. The molecule has 0 saturated heterocycles. The monoisotopic (exact) mass is 401 g/mol. The molecule has 2 heterocycles. The molecule has 8 heteroatoms. The van der Waals surface area contributed by atoms with E-state index in [1.54, 1.807) is 22.9 Å². The second kappa shape index (κ2) is 7.32. The van der Waals surface area contributed by atoms with E-state index < -0.39 is 0 Å². The van der Waals surface area contributed by atoms with Crippen LogP contribution in [-0.4, -0.2) is 14.5 Å². The van der Waals surface area contributed by atoms with Crippen LogP contribution in [0.3, 0.4) is 0 Å². The highest BCUT2D eigenvalue weighted by Gasteiger charge is 2.22. The summed E-state index contributed by atoms with van der Waals surface area (Å²) in [7, 11) is 0. The highest BCUT2D eigenvalue weighted by atomic mass is 35.5. The van der Waals surface area contributed by atoms with E-state index in [9.17, 15) is 9.00 Å². The predicted octanol–water partition coefficient (Wildman–Crippen LogP) is 4.40. The zero-order valence-corrected chi connectivity index (χ0v) is 16.3. The van der Waals surface area contributed by atoms with Crippen LogP contribution >= 0.6 is 11.6 Å². The Balaban J connectivity index is 1.79. The van der Waals surface area contributed by atoms with Crippen LogP contribution in [0.4, 0.5) is 11.6 Å². The van der Waals surface area contributed by atoms with Crippen molar-refractivity contribution in [2.75, 3.05) is 5.32 Å². The fourth-order valence-corrected chi connectivity index (χ4v) is 4.15. The predicted molar refractivity (Wildman–Crippen MR) is 107 cm³/mol. The second-order valence-electron chi connectivity index (χ2n) is 6.76. The Labute approximate surface area is 165 Å². The number of benzene rings is 1. The molecular formula is C19H18ClN4O2S+. The standard InChI is InChI=1S/C19H17ClN4O2S/c1-11-8-14(27-26)6-7-16(11)22-19-21-10-12-9-15(20)18(25)24(17(12)23-19)13-4-2-3-5-13/h6-10,13H,2-5H2,1H3/p+1. The van der Waals surface area contributed by atoms with Crippen LogP contribution in [0.15, 0.2) is 40.2 Å². The molecule has 0 spiro atoms. The van der Waals surface area contributed by atoms with Gasteiger partial charge < -0.3 is 5.32 Å². The second-order valence-corrected chi connectivity index (χ2v) is 7.81. The normalized spacial score (nSPS) is 14.6. The van der Waals surface area contributed by atoms with Crippen LogP contribution in [0.1, 0.15) is 37.3 Å². The summed E-state index contributed by atoms with van der Waals surface area (Å²) < 4.78 is 12.7. The van der Waals surface area contributed by atoms with Gasteiger partial charge >= 0.3 is 11.7 Å². The highest BCUT2D eigenvalue weighted by Crippen LogP contribution is 2.31. The van der Waals surface area contributed by atoms with Crippen molar-refractivity contribution in [1.29, 1.82) is 0 Å². The van der Waals surface area contributed by atoms with E-state index >= 15 is 0 Å². The van der Waals surface area contributed by atoms with Gasteiger partial charge in [0.25, 0.3) is 10.5 Å². The minimum atomic E-state index is -0.200. The molecule has 0 bridgehead atoms. The summed E-state index contributed by atoms with van der Waals surface area (Å²) in [4.78, 5) is 22.3. The van der Waals surface area contributed by atoms with Crippen LogP contribution in [-0.2, 0) is 15.9 Å². The van der Waals surface area contributed by atoms with E-state index in [0.29, 0.717) is 28.2 Å². The molecule has 0 radical (unpaired) electrons. The summed E-state index contributed by atoms with van der Waals surface area (Å²) >= 11 is 6.62. The van der Waals surface area contributed by atoms with Crippen LogP contribution in [0, 0.1) is 6.92 Å². The Morgan fingerprint density at radius 2 is 2.04 bits per heavy atom. The lowest BCUT2D eigenvalue weighted by Gasteiger charge is -2.17. The van der Waals surface area contributed by atoms with E-state index in [0.717, 1.165) is 42.3 Å². The summed E-state index contributed by atoms with van der Waals surface area (Å²) in [5.74, 6) is 0.404. The number of hydrogen-bond donors (Lipinski definition) is 1. The smallest absolute Gasteiger partial charge is 0.324 e. The molecule has 2 aromatic heterocycles. The third kappa shape index (κ3) is 3.44. The van der Waals surface area contributed by atoms with E-state index in [2.05, 4.69) is 15.3 Å². The Morgan fingerprint density at radius 3 is 2.74 bits per heavy atom. The van der Waals surface area contributed by atoms with Crippen molar-refractivity contribution < 1.29 is 4.21 Å². The average molecular weight is 402 g/mol. The minimum Gasteiger partial charge on any atom is -0.324 e. The number of hydrogen-bond acceptors (Lipinski definition) is 5. The molecule has 1 aliphatic rings. The Bertz CT molecular complexity index is 1090. The van der Waals surface area contributed by atoms with Gasteiger partial charge in [0.1, 0.15) is 10.7 Å². The molecule has 6 nitrogen and oxygen atoms in total. The van der Waals surface area contributed by atoms with Gasteiger partial charge in [-0.2, -0.15) is 4.98 Å². The average Bonchev–Trinajstić information content (AvgIpc) is 3.19. The first-order valence-electron chi connectivity index (χ1n) is 8.82. The summed E-state index contributed by atoms with van der Waals surface area (Å²) in [6.45, 7) is 1.91. The first kappa shape index (κ1) is 18.0. The zero-order valence-electron chi connectivity index (χ0n) is 14.7. The highest BCUT2D eigenvalue weighted by molar-refractivity contribution is 7.65. The molecule has 4 rings (SSSR count). The van der Waals surface area contributed by atoms with Gasteiger partial charge in [-0.15, -0.1) is 0 Å². The quantitative estimate of drug-likeness (QED) is 0.655. The van der Waals surface area contributed by atoms with Crippen molar-refractivity contribution >= 4 is 45.9 Å². The van der Waals surface area contributed by atoms with Gasteiger partial charge in [0.2, 0.25) is 5.95 Å². The van der Waals surface area contributed by atoms with Gasteiger partial charge in [-0.1, -0.05) is 24.4 Å². The van der Waals surface area contributed by atoms with E-state index in [1.165, 1.54) is 0 Å². The molecule has 1 saturated carbocycles. The van der Waals surface area contributed by atoms with Gasteiger partial charge in [-0.25, -0.2) is 4.98 Å². The van der Waals surface area contributed by atoms with Gasteiger partial charge in [-0.3, -0.25) is 9.36 Å². The van der Waals surface area contributed by atoms with Crippen molar-refractivity contribution in [3.63, 3.8) is 0 Å². The fourth-order valence-electron chi connectivity index (χ4n) is 3.60. The number of nitrogens with zero attached hydrogens (tertiary/aromatic N) is 3. The number of pyridine rings is 1. The minimum absolute atomic E-state index is 0.122. The number of aromatic nitrogens is 3. The molecule has 3 aromatic rings. The summed E-state index contributed by atoms with van der Waals surface area (Å²) in [5.41, 5.74) is 2.13.